The van der Waals surface area contributed by atoms with E-state index in [2.05, 4.69) is 10.4 Å². The minimum Gasteiger partial charge on any atom is -0.454 e. The normalized spacial score (nSPS) is 11.5. The molecule has 1 amide bonds. The van der Waals surface area contributed by atoms with Crippen LogP contribution in [-0.2, 0) is 12.7 Å². The number of nitrogens with one attached hydrogen (secondary N) is 1. The van der Waals surface area contributed by atoms with Gasteiger partial charge in [0.2, 0.25) is 0 Å². The Labute approximate surface area is 138 Å². The van der Waals surface area contributed by atoms with E-state index >= 15 is 0 Å². The monoisotopic (exact) mass is 353 g/mol. The van der Waals surface area contributed by atoms with Crippen molar-refractivity contribution in [2.24, 2.45) is 0 Å². The summed E-state index contributed by atoms with van der Waals surface area (Å²) < 4.78 is 58.6. The number of benzene rings is 1. The average Bonchev–Trinajstić information content (AvgIpc) is 3.20. The number of carbonyl (C=O) groups is 1. The molecule has 0 unspecified atom stereocenters. The van der Waals surface area contributed by atoms with Crippen LogP contribution < -0.4 is 5.32 Å². The van der Waals surface area contributed by atoms with Crippen molar-refractivity contribution in [2.45, 2.75) is 12.7 Å². The molecule has 1 aromatic carbocycles. The van der Waals surface area contributed by atoms with Gasteiger partial charge in [-0.2, -0.15) is 18.3 Å². The van der Waals surface area contributed by atoms with E-state index in [0.29, 0.717) is 24.0 Å². The first-order valence-corrected chi connectivity index (χ1v) is 7.07. The first kappa shape index (κ1) is 16.7. The number of furan rings is 1. The van der Waals surface area contributed by atoms with Crippen LogP contribution in [0.15, 0.2) is 53.2 Å². The van der Waals surface area contributed by atoms with Crippen LogP contribution in [0.25, 0.3) is 0 Å². The Balaban J connectivity index is 1.75. The zero-order valence-electron chi connectivity index (χ0n) is 12.5. The molecular formula is C16H11F4N3O2. The molecule has 0 aliphatic heterocycles. The molecule has 0 atom stereocenters. The molecular weight excluding hydrogens is 342 g/mol. The van der Waals surface area contributed by atoms with E-state index in [1.165, 1.54) is 12.1 Å². The van der Waals surface area contributed by atoms with Gasteiger partial charge in [-0.25, -0.2) is 4.39 Å². The van der Waals surface area contributed by atoms with Crippen LogP contribution in [0.3, 0.4) is 0 Å². The van der Waals surface area contributed by atoms with Crippen molar-refractivity contribution in [1.82, 2.24) is 9.78 Å². The summed E-state index contributed by atoms with van der Waals surface area (Å²) in [7, 11) is 0. The fourth-order valence-corrected chi connectivity index (χ4v) is 2.12. The van der Waals surface area contributed by atoms with Crippen molar-refractivity contribution in [1.29, 1.82) is 0 Å². The van der Waals surface area contributed by atoms with Crippen LogP contribution in [0.1, 0.15) is 21.9 Å². The number of carbonyl (C=O) groups excluding carboxylic acids is 1. The SMILES string of the molecule is O=C(Nc1cc(C(F)(F)F)ccc1F)c1ccc(Cn2cccn2)o1. The Morgan fingerprint density at radius 1 is 1.24 bits per heavy atom. The maximum atomic E-state index is 13.7. The Bertz CT molecular complexity index is 885. The molecule has 0 spiro atoms. The first-order valence-electron chi connectivity index (χ1n) is 7.07. The van der Waals surface area contributed by atoms with Gasteiger partial charge < -0.3 is 9.73 Å². The second kappa shape index (κ2) is 6.42. The Hall–Kier alpha value is -3.10. The number of rotatable bonds is 4. The van der Waals surface area contributed by atoms with Crippen molar-refractivity contribution in [3.8, 4) is 0 Å². The number of amides is 1. The van der Waals surface area contributed by atoms with E-state index in [0.717, 1.165) is 0 Å². The Morgan fingerprint density at radius 3 is 2.72 bits per heavy atom. The second-order valence-electron chi connectivity index (χ2n) is 5.12. The molecule has 0 saturated carbocycles. The summed E-state index contributed by atoms with van der Waals surface area (Å²) in [5, 5.41) is 6.06. The minimum atomic E-state index is -4.64. The molecule has 0 radical (unpaired) electrons. The summed E-state index contributed by atoms with van der Waals surface area (Å²) in [5.74, 6) is -1.58. The van der Waals surface area contributed by atoms with Crippen LogP contribution in [0.5, 0.6) is 0 Å². The molecule has 3 rings (SSSR count). The molecule has 5 nitrogen and oxygen atoms in total. The lowest BCUT2D eigenvalue weighted by Gasteiger charge is -2.10. The zero-order chi connectivity index (χ0) is 18.0. The number of aromatic nitrogens is 2. The van der Waals surface area contributed by atoms with E-state index in [-0.39, 0.29) is 12.3 Å². The van der Waals surface area contributed by atoms with E-state index in [1.54, 1.807) is 23.1 Å². The van der Waals surface area contributed by atoms with Crippen LogP contribution in [0.4, 0.5) is 23.2 Å². The molecule has 25 heavy (non-hydrogen) atoms. The lowest BCUT2D eigenvalue weighted by Crippen LogP contribution is -2.14. The van der Waals surface area contributed by atoms with Gasteiger partial charge in [0.05, 0.1) is 17.8 Å². The molecule has 9 heteroatoms. The van der Waals surface area contributed by atoms with Crippen molar-refractivity contribution in [2.75, 3.05) is 5.32 Å². The predicted octanol–water partition coefficient (Wildman–Crippen LogP) is 3.93. The van der Waals surface area contributed by atoms with Gasteiger partial charge in [0.15, 0.2) is 5.76 Å². The standard InChI is InChI=1S/C16H11F4N3O2/c17-12-4-2-10(16(18,19)20)8-13(12)22-15(24)14-5-3-11(25-14)9-23-7-1-6-21-23/h1-8H,9H2,(H,22,24). The number of hydrogen-bond acceptors (Lipinski definition) is 3. The summed E-state index contributed by atoms with van der Waals surface area (Å²) in [6.07, 6.45) is -1.37. The topological polar surface area (TPSA) is 60.1 Å². The molecule has 2 heterocycles. The number of nitrogens with zero attached hydrogens (tertiary/aromatic N) is 2. The van der Waals surface area contributed by atoms with Crippen LogP contribution >= 0.6 is 0 Å². The zero-order valence-corrected chi connectivity index (χ0v) is 12.5. The fraction of sp³-hybridized carbons (Fsp3) is 0.125. The van der Waals surface area contributed by atoms with Crippen molar-refractivity contribution >= 4 is 11.6 Å². The van der Waals surface area contributed by atoms with Gasteiger partial charge in [0, 0.05) is 12.4 Å². The fourth-order valence-electron chi connectivity index (χ4n) is 2.12. The minimum absolute atomic E-state index is 0.154. The van der Waals surface area contributed by atoms with Gasteiger partial charge in [-0.1, -0.05) is 0 Å². The molecule has 2 aromatic heterocycles. The quantitative estimate of drug-likeness (QED) is 0.723. The van der Waals surface area contributed by atoms with Gasteiger partial charge in [0.1, 0.15) is 11.6 Å². The lowest BCUT2D eigenvalue weighted by molar-refractivity contribution is -0.137. The number of halogens is 4. The van der Waals surface area contributed by atoms with Crippen molar-refractivity contribution < 1.29 is 26.8 Å². The second-order valence-corrected chi connectivity index (χ2v) is 5.12. The number of hydrogen-bond donors (Lipinski definition) is 1. The van der Waals surface area contributed by atoms with Gasteiger partial charge in [-0.15, -0.1) is 0 Å². The molecule has 0 bridgehead atoms. The molecule has 0 aliphatic carbocycles. The number of alkyl halides is 3. The average molecular weight is 353 g/mol. The summed E-state index contributed by atoms with van der Waals surface area (Å²) in [6, 6.07) is 6.36. The van der Waals surface area contributed by atoms with E-state index in [4.69, 9.17) is 4.42 Å². The highest BCUT2D eigenvalue weighted by Crippen LogP contribution is 2.32. The van der Waals surface area contributed by atoms with E-state index in [1.807, 2.05) is 0 Å². The van der Waals surface area contributed by atoms with Crippen LogP contribution in [0, 0.1) is 5.82 Å². The Kier molecular flexibility index (Phi) is 4.30. The van der Waals surface area contributed by atoms with E-state index < -0.39 is 29.2 Å². The largest absolute Gasteiger partial charge is 0.454 e. The first-order chi connectivity index (χ1) is 11.8. The summed E-state index contributed by atoms with van der Waals surface area (Å²) >= 11 is 0. The summed E-state index contributed by atoms with van der Waals surface area (Å²) in [4.78, 5) is 12.1. The van der Waals surface area contributed by atoms with Gasteiger partial charge in [-0.05, 0) is 36.4 Å². The smallest absolute Gasteiger partial charge is 0.416 e. The molecule has 3 aromatic rings. The lowest BCUT2D eigenvalue weighted by atomic mass is 10.2. The molecule has 130 valence electrons. The van der Waals surface area contributed by atoms with Gasteiger partial charge >= 0.3 is 6.18 Å². The highest BCUT2D eigenvalue weighted by atomic mass is 19.4. The van der Waals surface area contributed by atoms with Gasteiger partial charge in [0.25, 0.3) is 5.91 Å². The van der Waals surface area contributed by atoms with E-state index in [9.17, 15) is 22.4 Å². The summed E-state index contributed by atoms with van der Waals surface area (Å²) in [6.45, 7) is 0.276. The number of anilines is 1. The van der Waals surface area contributed by atoms with Crippen LogP contribution in [0.2, 0.25) is 0 Å². The van der Waals surface area contributed by atoms with Crippen molar-refractivity contribution in [3.05, 3.63) is 71.7 Å². The predicted molar refractivity (Wildman–Crippen MR) is 79.4 cm³/mol. The summed E-state index contributed by atoms with van der Waals surface area (Å²) in [5.41, 5.74) is -1.65. The highest BCUT2D eigenvalue weighted by molar-refractivity contribution is 6.02. The van der Waals surface area contributed by atoms with Gasteiger partial charge in [-0.3, -0.25) is 9.48 Å². The maximum absolute atomic E-state index is 13.7. The Morgan fingerprint density at radius 2 is 2.04 bits per heavy atom. The maximum Gasteiger partial charge on any atom is 0.416 e. The molecule has 0 aliphatic rings. The molecule has 0 saturated heterocycles. The van der Waals surface area contributed by atoms with Crippen LogP contribution in [-0.4, -0.2) is 15.7 Å². The highest BCUT2D eigenvalue weighted by Gasteiger charge is 2.31. The molecule has 0 fully saturated rings. The third kappa shape index (κ3) is 3.87. The third-order valence-electron chi connectivity index (χ3n) is 3.30. The molecule has 1 N–H and O–H groups in total. The van der Waals surface area contributed by atoms with Crippen molar-refractivity contribution in [3.63, 3.8) is 0 Å². The third-order valence-corrected chi connectivity index (χ3v) is 3.30.